The van der Waals surface area contributed by atoms with Gasteiger partial charge in [-0.05, 0) is 31.5 Å². The van der Waals surface area contributed by atoms with E-state index in [9.17, 15) is 0 Å². The molecule has 0 fully saturated rings. The lowest BCUT2D eigenvalue weighted by Crippen LogP contribution is -2.16. The Hall–Kier alpha value is -1.60. The Bertz CT molecular complexity index is 502. The highest BCUT2D eigenvalue weighted by Crippen LogP contribution is 2.10. The van der Waals surface area contributed by atoms with Gasteiger partial charge in [-0.15, -0.1) is 0 Å². The van der Waals surface area contributed by atoms with Crippen molar-refractivity contribution in [3.63, 3.8) is 0 Å². The zero-order valence-electron chi connectivity index (χ0n) is 17.5. The summed E-state index contributed by atoms with van der Waals surface area (Å²) < 4.78 is 0. The Morgan fingerprint density at radius 1 is 0.556 bits per heavy atom. The minimum Gasteiger partial charge on any atom is -0.316 e. The summed E-state index contributed by atoms with van der Waals surface area (Å²) >= 11 is 0. The van der Waals surface area contributed by atoms with Crippen molar-refractivity contribution in [3.05, 3.63) is 72.4 Å². The van der Waals surface area contributed by atoms with Crippen LogP contribution < -0.4 is 5.32 Å². The van der Waals surface area contributed by atoms with Crippen LogP contribution in [0.5, 0.6) is 0 Å². The maximum Gasteiger partial charge on any atom is -0.000835 e. The van der Waals surface area contributed by atoms with Crippen molar-refractivity contribution in [1.82, 2.24) is 5.32 Å². The van der Waals surface area contributed by atoms with Crippen molar-refractivity contribution in [1.29, 1.82) is 0 Å². The lowest BCUT2D eigenvalue weighted by atomic mass is 10.1. The molecule has 0 spiro atoms. The van der Waals surface area contributed by atoms with Crippen molar-refractivity contribution < 1.29 is 0 Å². The molecule has 0 radical (unpaired) electrons. The van der Waals surface area contributed by atoms with E-state index in [2.05, 4.69) is 60.8 Å². The van der Waals surface area contributed by atoms with Crippen LogP contribution in [-0.2, 0) is 0 Å². The van der Waals surface area contributed by atoms with Crippen LogP contribution in [0.1, 0.15) is 77.6 Å². The molecule has 0 heterocycles. The fourth-order valence-corrected chi connectivity index (χ4v) is 3.12. The summed E-state index contributed by atoms with van der Waals surface area (Å²) in [4.78, 5) is 0. The second-order valence-electron chi connectivity index (χ2n) is 7.32. The molecule has 1 aliphatic carbocycles. The highest BCUT2D eigenvalue weighted by Gasteiger charge is 1.94. The molecular weight excluding hydrogens is 326 g/mol. The van der Waals surface area contributed by atoms with Gasteiger partial charge in [0.05, 0.1) is 0 Å². The quantitative estimate of drug-likeness (QED) is 0.311. The van der Waals surface area contributed by atoms with Crippen molar-refractivity contribution in [2.45, 2.75) is 77.6 Å². The summed E-state index contributed by atoms with van der Waals surface area (Å²) in [6, 6.07) is 0. The predicted molar refractivity (Wildman–Crippen MR) is 123 cm³/mol. The van der Waals surface area contributed by atoms with Gasteiger partial charge < -0.3 is 5.32 Å². The van der Waals surface area contributed by atoms with Crippen LogP contribution in [0, 0.1) is 0 Å². The van der Waals surface area contributed by atoms with Crippen LogP contribution in [0.25, 0.3) is 0 Å². The first-order valence-corrected chi connectivity index (χ1v) is 11.2. The highest BCUT2D eigenvalue weighted by molar-refractivity contribution is 5.29. The number of hydrogen-bond acceptors (Lipinski definition) is 1. The van der Waals surface area contributed by atoms with Gasteiger partial charge in [0.25, 0.3) is 0 Å². The number of allylic oxidation sites excluding steroid dienone is 11. The first kappa shape index (κ1) is 23.4. The molecule has 0 aliphatic heterocycles. The second-order valence-corrected chi connectivity index (χ2v) is 7.32. The molecule has 1 aliphatic rings. The lowest BCUT2D eigenvalue weighted by Gasteiger charge is -2.06. The summed E-state index contributed by atoms with van der Waals surface area (Å²) in [7, 11) is 0. The van der Waals surface area contributed by atoms with Crippen molar-refractivity contribution in [3.8, 4) is 0 Å². The molecule has 150 valence electrons. The maximum atomic E-state index is 3.60. The topological polar surface area (TPSA) is 12.0 Å². The smallest absolute Gasteiger partial charge is 0.000835 e. The van der Waals surface area contributed by atoms with Gasteiger partial charge >= 0.3 is 0 Å². The van der Waals surface area contributed by atoms with Crippen LogP contribution in [0.4, 0.5) is 0 Å². The molecule has 0 bridgehead atoms. The molecule has 0 aromatic carbocycles. The molecule has 0 aromatic heterocycles. The molecule has 0 amide bonds. The summed E-state index contributed by atoms with van der Waals surface area (Å²) in [5, 5.41) is 3.60. The third-order valence-electron chi connectivity index (χ3n) is 4.81. The SMILES string of the molecule is CCCCCCCCCCCCNCCC1=C\C=C/C=C\C=C/C=C\C=C1. The highest BCUT2D eigenvalue weighted by atomic mass is 14.8. The van der Waals surface area contributed by atoms with E-state index in [-0.39, 0.29) is 0 Å². The zero-order valence-corrected chi connectivity index (χ0v) is 17.5. The van der Waals surface area contributed by atoms with E-state index < -0.39 is 0 Å². The molecule has 0 atom stereocenters. The van der Waals surface area contributed by atoms with E-state index in [1.807, 2.05) is 18.2 Å². The number of rotatable bonds is 14. The Morgan fingerprint density at radius 2 is 1.07 bits per heavy atom. The molecule has 0 saturated heterocycles. The van der Waals surface area contributed by atoms with Gasteiger partial charge in [0, 0.05) is 0 Å². The van der Waals surface area contributed by atoms with Gasteiger partial charge in [0.1, 0.15) is 0 Å². The van der Waals surface area contributed by atoms with E-state index in [0.717, 1.165) is 19.5 Å². The molecular formula is C26H41N. The Labute approximate surface area is 168 Å². The van der Waals surface area contributed by atoms with Crippen molar-refractivity contribution in [2.24, 2.45) is 0 Å². The minimum atomic E-state index is 1.06. The third kappa shape index (κ3) is 16.3. The van der Waals surface area contributed by atoms with Crippen LogP contribution in [0.15, 0.2) is 72.4 Å². The van der Waals surface area contributed by atoms with Crippen molar-refractivity contribution in [2.75, 3.05) is 13.1 Å². The summed E-state index contributed by atoms with van der Waals surface area (Å²) in [6.07, 6.45) is 38.2. The third-order valence-corrected chi connectivity index (χ3v) is 4.81. The largest absolute Gasteiger partial charge is 0.316 e. The van der Waals surface area contributed by atoms with E-state index in [1.165, 1.54) is 69.8 Å². The van der Waals surface area contributed by atoms with E-state index in [4.69, 9.17) is 0 Å². The fraction of sp³-hybridized carbons (Fsp3) is 0.538. The van der Waals surface area contributed by atoms with Gasteiger partial charge in [-0.25, -0.2) is 0 Å². The van der Waals surface area contributed by atoms with Crippen LogP contribution in [0.3, 0.4) is 0 Å². The standard InChI is InChI=1S/C26H41N/c1-2-3-4-5-6-7-11-14-17-20-24-27-25-23-26-21-18-15-12-9-8-10-13-16-19-22-26/h8-10,12-13,15-16,18-19,21-22,27H,2-7,11,14,17,20,23-25H2,1H3/b9-8-,10-8?,12-9?,13-10-,15-12-,16-13?,18-15?,19-16-,21-18?,22-19?,26-21?,26-22?. The zero-order chi connectivity index (χ0) is 19.3. The molecule has 1 heteroatoms. The predicted octanol–water partition coefficient (Wildman–Crippen LogP) is 7.61. The summed E-state index contributed by atoms with van der Waals surface area (Å²) in [5.74, 6) is 0. The van der Waals surface area contributed by atoms with E-state index in [0.29, 0.717) is 0 Å². The molecule has 0 aromatic rings. The van der Waals surface area contributed by atoms with Gasteiger partial charge in [-0.1, -0.05) is 132 Å². The Balaban J connectivity index is 2.03. The molecule has 0 saturated carbocycles. The number of unbranched alkanes of at least 4 members (excludes halogenated alkanes) is 9. The van der Waals surface area contributed by atoms with Crippen LogP contribution in [0.2, 0.25) is 0 Å². The Morgan fingerprint density at radius 3 is 1.70 bits per heavy atom. The van der Waals surface area contributed by atoms with Crippen LogP contribution >= 0.6 is 0 Å². The monoisotopic (exact) mass is 367 g/mol. The molecule has 27 heavy (non-hydrogen) atoms. The summed E-state index contributed by atoms with van der Waals surface area (Å²) in [6.45, 7) is 4.49. The normalized spacial score (nSPS) is 18.9. The van der Waals surface area contributed by atoms with Gasteiger partial charge in [0.15, 0.2) is 0 Å². The van der Waals surface area contributed by atoms with E-state index >= 15 is 0 Å². The Kier molecular flexibility index (Phi) is 16.6. The second kappa shape index (κ2) is 19.2. The molecule has 0 unspecified atom stereocenters. The fourth-order valence-electron chi connectivity index (χ4n) is 3.12. The first-order chi connectivity index (χ1) is 13.4. The average molecular weight is 368 g/mol. The molecule has 1 rings (SSSR count). The maximum absolute atomic E-state index is 3.60. The van der Waals surface area contributed by atoms with Crippen LogP contribution in [-0.4, -0.2) is 13.1 Å². The van der Waals surface area contributed by atoms with E-state index in [1.54, 1.807) is 0 Å². The summed E-state index contributed by atoms with van der Waals surface area (Å²) in [5.41, 5.74) is 1.37. The average Bonchev–Trinajstić information content (AvgIpc) is 2.67. The van der Waals surface area contributed by atoms with Gasteiger partial charge in [-0.2, -0.15) is 0 Å². The number of hydrogen-bond donors (Lipinski definition) is 1. The first-order valence-electron chi connectivity index (χ1n) is 11.2. The van der Waals surface area contributed by atoms with Gasteiger partial charge in [0.2, 0.25) is 0 Å². The molecule has 1 N–H and O–H groups in total. The molecule has 1 nitrogen and oxygen atoms in total. The number of nitrogens with one attached hydrogen (secondary N) is 1. The van der Waals surface area contributed by atoms with Gasteiger partial charge in [-0.3, -0.25) is 0 Å². The lowest BCUT2D eigenvalue weighted by molar-refractivity contribution is 0.544. The van der Waals surface area contributed by atoms with Crippen molar-refractivity contribution >= 4 is 0 Å². The minimum absolute atomic E-state index is 1.06.